The molecule has 4 heteroatoms. The molecule has 0 unspecified atom stereocenters. The maximum absolute atomic E-state index is 6.15. The van der Waals surface area contributed by atoms with Gasteiger partial charge in [0.05, 0.1) is 14.2 Å². The number of nitrogens with two attached hydrogens (primary N) is 2. The highest BCUT2D eigenvalue weighted by atomic mass is 16.5. The SMILES string of the molecule is COc1ccc(/C=C/c2cc(/C=C/c3ccc(OC)cc3)c(N)cc2N)cc1. The van der Waals surface area contributed by atoms with E-state index in [0.717, 1.165) is 33.8 Å². The minimum atomic E-state index is 0.642. The molecule has 0 aromatic heterocycles. The van der Waals surface area contributed by atoms with Crippen molar-refractivity contribution in [2.24, 2.45) is 0 Å². The van der Waals surface area contributed by atoms with Crippen molar-refractivity contribution in [2.45, 2.75) is 0 Å². The second-order valence-electron chi connectivity index (χ2n) is 6.32. The largest absolute Gasteiger partial charge is 0.497 e. The second kappa shape index (κ2) is 8.82. The number of hydrogen-bond donors (Lipinski definition) is 2. The van der Waals surface area contributed by atoms with Gasteiger partial charge in [-0.1, -0.05) is 48.6 Å². The lowest BCUT2D eigenvalue weighted by Crippen LogP contribution is -1.96. The Kier molecular flexibility index (Phi) is 6.02. The molecule has 0 amide bonds. The lowest BCUT2D eigenvalue weighted by molar-refractivity contribution is 0.414. The maximum atomic E-state index is 6.15. The summed E-state index contributed by atoms with van der Waals surface area (Å²) in [6.45, 7) is 0. The summed E-state index contributed by atoms with van der Waals surface area (Å²) in [7, 11) is 3.31. The topological polar surface area (TPSA) is 70.5 Å². The van der Waals surface area contributed by atoms with Gasteiger partial charge in [0.15, 0.2) is 0 Å². The number of rotatable bonds is 6. The smallest absolute Gasteiger partial charge is 0.118 e. The van der Waals surface area contributed by atoms with Crippen molar-refractivity contribution < 1.29 is 9.47 Å². The first-order valence-corrected chi connectivity index (χ1v) is 8.92. The molecule has 0 fully saturated rings. The lowest BCUT2D eigenvalue weighted by atomic mass is 10.0. The number of benzene rings is 3. The molecule has 0 bridgehead atoms. The van der Waals surface area contributed by atoms with Crippen LogP contribution in [0.1, 0.15) is 22.3 Å². The van der Waals surface area contributed by atoms with Crippen LogP contribution in [0.4, 0.5) is 11.4 Å². The number of methoxy groups -OCH3 is 2. The average molecular weight is 372 g/mol. The van der Waals surface area contributed by atoms with E-state index in [1.165, 1.54) is 0 Å². The van der Waals surface area contributed by atoms with E-state index in [-0.39, 0.29) is 0 Å². The van der Waals surface area contributed by atoms with Crippen LogP contribution in [0.5, 0.6) is 11.5 Å². The number of ether oxygens (including phenoxy) is 2. The number of nitrogen functional groups attached to an aromatic ring is 2. The summed E-state index contributed by atoms with van der Waals surface area (Å²) in [6.07, 6.45) is 8.00. The van der Waals surface area contributed by atoms with Gasteiger partial charge in [-0.3, -0.25) is 0 Å². The average Bonchev–Trinajstić information content (AvgIpc) is 2.73. The molecule has 28 heavy (non-hydrogen) atoms. The molecule has 3 aromatic carbocycles. The fourth-order valence-electron chi connectivity index (χ4n) is 2.76. The minimum Gasteiger partial charge on any atom is -0.497 e. The van der Waals surface area contributed by atoms with Crippen molar-refractivity contribution in [1.82, 2.24) is 0 Å². The fraction of sp³-hybridized carbons (Fsp3) is 0.0833. The third kappa shape index (κ3) is 4.74. The fourth-order valence-corrected chi connectivity index (χ4v) is 2.76. The Morgan fingerprint density at radius 1 is 0.571 bits per heavy atom. The van der Waals surface area contributed by atoms with Gasteiger partial charge in [-0.2, -0.15) is 0 Å². The summed E-state index contributed by atoms with van der Waals surface area (Å²) in [5.41, 5.74) is 17.5. The molecule has 0 atom stereocenters. The summed E-state index contributed by atoms with van der Waals surface area (Å²) in [6, 6.07) is 19.5. The van der Waals surface area contributed by atoms with Crippen LogP contribution in [0.25, 0.3) is 24.3 Å². The van der Waals surface area contributed by atoms with Gasteiger partial charge in [-0.15, -0.1) is 0 Å². The van der Waals surface area contributed by atoms with Gasteiger partial charge in [0.1, 0.15) is 11.5 Å². The van der Waals surface area contributed by atoms with Crippen LogP contribution in [-0.2, 0) is 0 Å². The zero-order valence-corrected chi connectivity index (χ0v) is 16.1. The Morgan fingerprint density at radius 2 is 0.964 bits per heavy atom. The highest BCUT2D eigenvalue weighted by Gasteiger charge is 2.02. The van der Waals surface area contributed by atoms with Gasteiger partial charge in [-0.05, 0) is 58.7 Å². The van der Waals surface area contributed by atoms with Gasteiger partial charge in [0, 0.05) is 11.4 Å². The summed E-state index contributed by atoms with van der Waals surface area (Å²) in [5, 5.41) is 0. The molecule has 0 aliphatic rings. The van der Waals surface area contributed by atoms with E-state index in [4.69, 9.17) is 20.9 Å². The molecule has 0 saturated heterocycles. The maximum Gasteiger partial charge on any atom is 0.118 e. The molecule has 4 nitrogen and oxygen atoms in total. The predicted molar refractivity (Wildman–Crippen MR) is 119 cm³/mol. The summed E-state index contributed by atoms with van der Waals surface area (Å²) in [5.74, 6) is 1.66. The molecular weight excluding hydrogens is 348 g/mol. The molecule has 0 heterocycles. The van der Waals surface area contributed by atoms with Gasteiger partial charge < -0.3 is 20.9 Å². The van der Waals surface area contributed by atoms with E-state index in [0.29, 0.717) is 11.4 Å². The highest BCUT2D eigenvalue weighted by molar-refractivity contribution is 5.84. The van der Waals surface area contributed by atoms with Gasteiger partial charge >= 0.3 is 0 Å². The monoisotopic (exact) mass is 372 g/mol. The second-order valence-corrected chi connectivity index (χ2v) is 6.32. The minimum absolute atomic E-state index is 0.642. The quantitative estimate of drug-likeness (QED) is 0.460. The highest BCUT2D eigenvalue weighted by Crippen LogP contribution is 2.25. The Bertz CT molecular complexity index is 910. The van der Waals surface area contributed by atoms with Crippen LogP contribution in [0.2, 0.25) is 0 Å². The van der Waals surface area contributed by atoms with Crippen molar-refractivity contribution in [3.8, 4) is 11.5 Å². The summed E-state index contributed by atoms with van der Waals surface area (Å²) in [4.78, 5) is 0. The molecule has 0 aliphatic carbocycles. The Balaban J connectivity index is 1.82. The standard InChI is InChI=1S/C24H24N2O2/c1-27-21-11-5-17(6-12-21)3-9-19-15-20(24(26)16-23(19)25)10-4-18-7-13-22(28-2)14-8-18/h3-16H,25-26H2,1-2H3/b9-3+,10-4+. The molecule has 4 N–H and O–H groups in total. The first-order valence-electron chi connectivity index (χ1n) is 8.92. The number of anilines is 2. The third-order valence-corrected chi connectivity index (χ3v) is 4.43. The van der Waals surface area contributed by atoms with E-state index in [9.17, 15) is 0 Å². The first-order chi connectivity index (χ1) is 13.6. The van der Waals surface area contributed by atoms with Crippen molar-refractivity contribution in [3.63, 3.8) is 0 Å². The van der Waals surface area contributed by atoms with Crippen molar-refractivity contribution in [1.29, 1.82) is 0 Å². The van der Waals surface area contributed by atoms with Crippen LogP contribution >= 0.6 is 0 Å². The summed E-state index contributed by atoms with van der Waals surface area (Å²) >= 11 is 0. The molecule has 0 spiro atoms. The van der Waals surface area contributed by atoms with E-state index in [1.54, 1.807) is 20.3 Å². The predicted octanol–water partition coefficient (Wildman–Crippen LogP) is 5.21. The van der Waals surface area contributed by atoms with E-state index in [1.807, 2.05) is 78.9 Å². The molecule has 142 valence electrons. The van der Waals surface area contributed by atoms with Gasteiger partial charge in [-0.25, -0.2) is 0 Å². The van der Waals surface area contributed by atoms with E-state index >= 15 is 0 Å². The van der Waals surface area contributed by atoms with Crippen LogP contribution in [0.15, 0.2) is 60.7 Å². The van der Waals surface area contributed by atoms with Gasteiger partial charge in [0.2, 0.25) is 0 Å². The van der Waals surface area contributed by atoms with Gasteiger partial charge in [0.25, 0.3) is 0 Å². The number of hydrogen-bond acceptors (Lipinski definition) is 4. The van der Waals surface area contributed by atoms with Crippen LogP contribution in [-0.4, -0.2) is 14.2 Å². The lowest BCUT2D eigenvalue weighted by Gasteiger charge is -2.07. The van der Waals surface area contributed by atoms with Crippen molar-refractivity contribution in [3.05, 3.63) is 82.9 Å². The first kappa shape index (κ1) is 19.1. The van der Waals surface area contributed by atoms with E-state index in [2.05, 4.69) is 0 Å². The zero-order valence-electron chi connectivity index (χ0n) is 16.1. The van der Waals surface area contributed by atoms with Crippen molar-refractivity contribution in [2.75, 3.05) is 25.7 Å². The molecule has 3 rings (SSSR count). The molecule has 3 aromatic rings. The Hall–Kier alpha value is -3.66. The van der Waals surface area contributed by atoms with Crippen LogP contribution in [0.3, 0.4) is 0 Å². The third-order valence-electron chi connectivity index (χ3n) is 4.43. The molecular formula is C24H24N2O2. The zero-order chi connectivity index (χ0) is 19.9. The van der Waals surface area contributed by atoms with Crippen LogP contribution in [0, 0.1) is 0 Å². The molecule has 0 aliphatic heterocycles. The molecule has 0 saturated carbocycles. The Morgan fingerprint density at radius 3 is 1.32 bits per heavy atom. The Labute approximate surface area is 165 Å². The van der Waals surface area contributed by atoms with Crippen LogP contribution < -0.4 is 20.9 Å². The molecule has 0 radical (unpaired) electrons. The summed E-state index contributed by atoms with van der Waals surface area (Å²) < 4.78 is 10.4. The van der Waals surface area contributed by atoms with E-state index < -0.39 is 0 Å². The normalized spacial score (nSPS) is 11.2. The van der Waals surface area contributed by atoms with Crippen molar-refractivity contribution >= 4 is 35.7 Å².